The smallest absolute Gasteiger partial charge is 0.241 e. The fourth-order valence-corrected chi connectivity index (χ4v) is 1.38. The molecule has 1 rings (SSSR count). The summed E-state index contributed by atoms with van der Waals surface area (Å²) in [5, 5.41) is 6.13. The molecule has 2 N–H and O–H groups in total. The molecular weight excluding hydrogens is 393 g/mol. The number of hydrogen-bond donors (Lipinski definition) is 2. The van der Waals surface area contributed by atoms with Crippen molar-refractivity contribution in [3.63, 3.8) is 0 Å². The molecule has 0 bridgehead atoms. The number of carbonyl (C=O) groups excluding carboxylic acids is 1. The van der Waals surface area contributed by atoms with Gasteiger partial charge in [-0.2, -0.15) is 0 Å². The van der Waals surface area contributed by atoms with Crippen LogP contribution in [-0.2, 0) is 11.3 Å². The Labute approximate surface area is 149 Å². The van der Waals surface area contributed by atoms with Crippen molar-refractivity contribution < 1.29 is 4.79 Å². The number of halogens is 1. The number of guanidine groups is 1. The lowest BCUT2D eigenvalue weighted by molar-refractivity contribution is -0.127. The van der Waals surface area contributed by atoms with Gasteiger partial charge in [0.05, 0.1) is 18.8 Å². The van der Waals surface area contributed by atoms with Gasteiger partial charge in [-0.15, -0.1) is 24.0 Å². The largest absolute Gasteiger partial charge is 0.353 e. The Hall–Kier alpha value is -1.64. The van der Waals surface area contributed by atoms with Crippen LogP contribution in [0.1, 0.15) is 12.6 Å². The Balaban J connectivity index is 0.00000441. The number of carbonyl (C=O) groups is 1. The van der Waals surface area contributed by atoms with E-state index >= 15 is 0 Å². The van der Waals surface area contributed by atoms with Crippen LogP contribution < -0.4 is 10.6 Å². The Morgan fingerprint density at radius 3 is 2.55 bits per heavy atom. The first-order valence-corrected chi connectivity index (χ1v) is 6.75. The molecule has 0 spiro atoms. The third kappa shape index (κ3) is 8.60. The van der Waals surface area contributed by atoms with Gasteiger partial charge in [-0.25, -0.2) is 4.99 Å². The van der Waals surface area contributed by atoms with E-state index in [0.717, 1.165) is 11.3 Å². The summed E-state index contributed by atoms with van der Waals surface area (Å²) in [5.41, 5.74) is 1.86. The lowest BCUT2D eigenvalue weighted by atomic mass is 10.3. The molecule has 0 unspecified atom stereocenters. The van der Waals surface area contributed by atoms with Crippen molar-refractivity contribution in [2.45, 2.75) is 13.5 Å². The summed E-state index contributed by atoms with van der Waals surface area (Å²) >= 11 is 0. The summed E-state index contributed by atoms with van der Waals surface area (Å²) in [5.74, 6) is 0.552. The molecule has 1 heterocycles. The highest BCUT2D eigenvalue weighted by atomic mass is 127. The molecule has 22 heavy (non-hydrogen) atoms. The first-order valence-electron chi connectivity index (χ1n) is 6.75. The molecule has 0 saturated carbocycles. The summed E-state index contributed by atoms with van der Waals surface area (Å²) in [6, 6.07) is 5.69. The molecule has 1 aromatic rings. The van der Waals surface area contributed by atoms with Crippen molar-refractivity contribution >= 4 is 35.8 Å². The molecule has 6 nitrogen and oxygen atoms in total. The van der Waals surface area contributed by atoms with Crippen LogP contribution in [0.25, 0.3) is 0 Å². The predicted molar refractivity (Wildman–Crippen MR) is 100 cm³/mol. The normalized spacial score (nSPS) is 10.4. The van der Waals surface area contributed by atoms with Crippen LogP contribution in [0, 0.1) is 0 Å². The predicted octanol–water partition coefficient (Wildman–Crippen LogP) is 1.40. The van der Waals surface area contributed by atoms with Crippen molar-refractivity contribution in [3.05, 3.63) is 42.2 Å². The fourth-order valence-electron chi connectivity index (χ4n) is 1.38. The molecule has 0 aliphatic rings. The lowest BCUT2D eigenvalue weighted by Gasteiger charge is -2.15. The summed E-state index contributed by atoms with van der Waals surface area (Å²) in [7, 11) is 3.44. The molecule has 1 amide bonds. The molecule has 122 valence electrons. The Morgan fingerprint density at radius 2 is 2.00 bits per heavy atom. The lowest BCUT2D eigenvalue weighted by Crippen LogP contribution is -2.43. The zero-order valence-electron chi connectivity index (χ0n) is 13.3. The van der Waals surface area contributed by atoms with E-state index in [1.54, 1.807) is 20.3 Å². The van der Waals surface area contributed by atoms with Crippen LogP contribution in [0.3, 0.4) is 0 Å². The van der Waals surface area contributed by atoms with Gasteiger partial charge in [-0.05, 0) is 19.1 Å². The Morgan fingerprint density at radius 1 is 1.32 bits per heavy atom. The summed E-state index contributed by atoms with van der Waals surface area (Å²) in [6.07, 6.45) is 1.73. The number of aromatic nitrogens is 1. The number of rotatable bonds is 6. The quantitative estimate of drug-likeness (QED) is 0.318. The summed E-state index contributed by atoms with van der Waals surface area (Å²) in [6.45, 7) is 7.00. The van der Waals surface area contributed by atoms with E-state index in [1.165, 1.54) is 4.90 Å². The zero-order valence-corrected chi connectivity index (χ0v) is 15.6. The van der Waals surface area contributed by atoms with Crippen molar-refractivity contribution in [2.24, 2.45) is 4.99 Å². The van der Waals surface area contributed by atoms with Crippen molar-refractivity contribution in [3.8, 4) is 0 Å². The van der Waals surface area contributed by atoms with Gasteiger partial charge in [0, 0.05) is 26.8 Å². The molecular formula is C15H24IN5O. The maximum atomic E-state index is 11.6. The van der Waals surface area contributed by atoms with Crippen LogP contribution in [0.15, 0.2) is 41.5 Å². The third-order valence-electron chi connectivity index (χ3n) is 2.59. The maximum absolute atomic E-state index is 11.6. The molecule has 1 aromatic heterocycles. The standard InChI is InChI=1S/C15H23N5O.HI/c1-12(2)9-17-15(19-11-14(21)20(3)4)18-10-13-7-5-6-8-16-13;/h5-8H,1,9-11H2,2-4H3,(H2,17,18,19);1H. The van der Waals surface area contributed by atoms with Gasteiger partial charge in [0.25, 0.3) is 0 Å². The second-order valence-electron chi connectivity index (χ2n) is 4.94. The second-order valence-corrected chi connectivity index (χ2v) is 4.94. The summed E-state index contributed by atoms with van der Waals surface area (Å²) < 4.78 is 0. The number of amides is 1. The Bertz CT molecular complexity index is 502. The molecule has 7 heteroatoms. The van der Waals surface area contributed by atoms with E-state index in [1.807, 2.05) is 25.1 Å². The maximum Gasteiger partial charge on any atom is 0.241 e. The first-order chi connectivity index (χ1) is 9.99. The van der Waals surface area contributed by atoms with Crippen molar-refractivity contribution in [1.29, 1.82) is 0 Å². The monoisotopic (exact) mass is 417 g/mol. The van der Waals surface area contributed by atoms with Crippen LogP contribution in [0.4, 0.5) is 0 Å². The van der Waals surface area contributed by atoms with E-state index < -0.39 is 0 Å². The minimum atomic E-state index is -0.0161. The van der Waals surface area contributed by atoms with E-state index in [0.29, 0.717) is 19.0 Å². The van der Waals surface area contributed by atoms with Gasteiger partial charge in [-0.1, -0.05) is 18.2 Å². The highest BCUT2D eigenvalue weighted by molar-refractivity contribution is 14.0. The van der Waals surface area contributed by atoms with Gasteiger partial charge in [0.1, 0.15) is 0 Å². The molecule has 0 radical (unpaired) electrons. The van der Waals surface area contributed by atoms with Gasteiger partial charge >= 0.3 is 0 Å². The topological polar surface area (TPSA) is 69.6 Å². The van der Waals surface area contributed by atoms with Crippen molar-refractivity contribution in [2.75, 3.05) is 27.2 Å². The molecule has 0 fully saturated rings. The minimum absolute atomic E-state index is 0. The number of pyridine rings is 1. The van der Waals surface area contributed by atoms with E-state index in [9.17, 15) is 4.79 Å². The molecule has 0 saturated heterocycles. The van der Waals surface area contributed by atoms with E-state index in [2.05, 4.69) is 27.2 Å². The van der Waals surface area contributed by atoms with Gasteiger partial charge in [-0.3, -0.25) is 9.78 Å². The molecule has 0 atom stereocenters. The van der Waals surface area contributed by atoms with Crippen molar-refractivity contribution in [1.82, 2.24) is 20.5 Å². The molecule has 0 aromatic carbocycles. The number of nitrogens with zero attached hydrogens (tertiary/aromatic N) is 3. The SMILES string of the molecule is C=C(C)CNC(=NCc1ccccn1)NCC(=O)N(C)C.I. The van der Waals surface area contributed by atoms with Gasteiger partial charge < -0.3 is 15.5 Å². The van der Waals surface area contributed by atoms with Crippen LogP contribution in [-0.4, -0.2) is 48.9 Å². The number of aliphatic imine (C=N–C) groups is 1. The molecule has 0 aliphatic carbocycles. The van der Waals surface area contributed by atoms with Gasteiger partial charge in [0.2, 0.25) is 5.91 Å². The van der Waals surface area contributed by atoms with Crippen LogP contribution in [0.2, 0.25) is 0 Å². The van der Waals surface area contributed by atoms with Gasteiger partial charge in [0.15, 0.2) is 5.96 Å². The number of hydrogen-bond acceptors (Lipinski definition) is 3. The fraction of sp³-hybridized carbons (Fsp3) is 0.400. The minimum Gasteiger partial charge on any atom is -0.353 e. The van der Waals surface area contributed by atoms with Crippen LogP contribution in [0.5, 0.6) is 0 Å². The first kappa shape index (κ1) is 20.4. The highest BCUT2D eigenvalue weighted by Crippen LogP contribution is 1.95. The number of likely N-dealkylation sites (N-methyl/N-ethyl adjacent to an activating group) is 1. The number of nitrogens with one attached hydrogen (secondary N) is 2. The third-order valence-corrected chi connectivity index (χ3v) is 2.59. The second kappa shape index (κ2) is 11.0. The average Bonchev–Trinajstić information content (AvgIpc) is 2.46. The summed E-state index contributed by atoms with van der Waals surface area (Å²) in [4.78, 5) is 21.8. The van der Waals surface area contributed by atoms with Crippen LogP contribution >= 0.6 is 24.0 Å². The average molecular weight is 417 g/mol. The molecule has 0 aliphatic heterocycles. The highest BCUT2D eigenvalue weighted by Gasteiger charge is 2.05. The van der Waals surface area contributed by atoms with E-state index in [-0.39, 0.29) is 36.4 Å². The zero-order chi connectivity index (χ0) is 15.7. The Kier molecular flexibility index (Phi) is 10.2. The van der Waals surface area contributed by atoms with E-state index in [4.69, 9.17) is 0 Å².